The number of likely N-dealkylation sites (tertiary alicyclic amines) is 1. The van der Waals surface area contributed by atoms with Crippen LogP contribution in [0.3, 0.4) is 0 Å². The highest BCUT2D eigenvalue weighted by Gasteiger charge is 2.23. The van der Waals surface area contributed by atoms with Crippen LogP contribution in [0.15, 0.2) is 49.2 Å². The number of amides is 1. The van der Waals surface area contributed by atoms with Gasteiger partial charge in [-0.1, -0.05) is 0 Å². The maximum absolute atomic E-state index is 12.6. The van der Waals surface area contributed by atoms with E-state index in [2.05, 4.69) is 32.5 Å². The molecular weight excluding hydrogens is 416 g/mol. The van der Waals surface area contributed by atoms with Gasteiger partial charge >= 0.3 is 0 Å². The number of benzene rings is 1. The van der Waals surface area contributed by atoms with E-state index in [4.69, 9.17) is 9.72 Å². The fraction of sp³-hybridized carbons (Fsp3) is 0.280. The van der Waals surface area contributed by atoms with Crippen LogP contribution in [-0.2, 0) is 0 Å². The minimum atomic E-state index is -0.322. The second-order valence-corrected chi connectivity index (χ2v) is 8.42. The van der Waals surface area contributed by atoms with Gasteiger partial charge in [-0.2, -0.15) is 0 Å². The molecule has 2 aliphatic rings. The smallest absolute Gasteiger partial charge is 0.281 e. The molecule has 0 unspecified atom stereocenters. The number of aromatic nitrogens is 3. The molecule has 2 aliphatic heterocycles. The summed E-state index contributed by atoms with van der Waals surface area (Å²) in [6.45, 7) is 4.13. The van der Waals surface area contributed by atoms with Gasteiger partial charge in [-0.3, -0.25) is 4.79 Å². The summed E-state index contributed by atoms with van der Waals surface area (Å²) in [6, 6.07) is 7.79. The van der Waals surface area contributed by atoms with Crippen LogP contribution < -0.4 is 15.4 Å². The summed E-state index contributed by atoms with van der Waals surface area (Å²) in [6.07, 6.45) is 10.5. The van der Waals surface area contributed by atoms with E-state index in [9.17, 15) is 4.79 Å². The number of rotatable bonds is 5. The third-order valence-corrected chi connectivity index (χ3v) is 5.96. The lowest BCUT2D eigenvalue weighted by atomic mass is 10.0. The van der Waals surface area contributed by atoms with E-state index in [0.717, 1.165) is 54.1 Å². The Hall–Kier alpha value is -3.78. The Bertz CT molecular complexity index is 1200. The Labute approximate surface area is 192 Å². The largest absolute Gasteiger partial charge is 0.490 e. The van der Waals surface area contributed by atoms with Crippen molar-refractivity contribution in [3.05, 3.63) is 65.9 Å². The molecule has 5 rings (SSSR count). The van der Waals surface area contributed by atoms with Gasteiger partial charge in [0.05, 0.1) is 11.3 Å². The van der Waals surface area contributed by atoms with Crippen molar-refractivity contribution >= 4 is 23.5 Å². The zero-order chi connectivity index (χ0) is 22.8. The van der Waals surface area contributed by atoms with Gasteiger partial charge in [0, 0.05) is 42.9 Å². The zero-order valence-corrected chi connectivity index (χ0v) is 18.7. The van der Waals surface area contributed by atoms with E-state index in [1.807, 2.05) is 31.2 Å². The number of nitrogens with zero attached hydrogens (tertiary/aromatic N) is 5. The van der Waals surface area contributed by atoms with Crippen LogP contribution in [0.2, 0.25) is 0 Å². The maximum Gasteiger partial charge on any atom is 0.281 e. The number of nitrogens with one attached hydrogen (secondary N) is 1. The van der Waals surface area contributed by atoms with Gasteiger partial charge < -0.3 is 15.0 Å². The second kappa shape index (κ2) is 8.99. The average molecular weight is 442 g/mol. The first-order valence-electron chi connectivity index (χ1n) is 11.0. The number of aryl methyl sites for hydroxylation is 1. The van der Waals surface area contributed by atoms with E-state index in [1.165, 1.54) is 12.5 Å². The SMILES string of the molecule is Cc1cc(Nc2nc(-c3cncnc3)cc3c2C(=O)[N]C=C3)ccc1OC1CCN(C)CC1. The lowest BCUT2D eigenvalue weighted by Gasteiger charge is -2.29. The minimum Gasteiger partial charge on any atom is -0.490 e. The lowest BCUT2D eigenvalue weighted by molar-refractivity contribution is 0.0965. The first-order chi connectivity index (χ1) is 16.1. The third kappa shape index (κ3) is 4.56. The van der Waals surface area contributed by atoms with E-state index in [0.29, 0.717) is 17.1 Å². The summed E-state index contributed by atoms with van der Waals surface area (Å²) in [4.78, 5) is 27.8. The van der Waals surface area contributed by atoms with Crippen molar-refractivity contribution in [2.75, 3.05) is 25.5 Å². The summed E-state index contributed by atoms with van der Waals surface area (Å²) in [5.41, 5.74) is 4.49. The van der Waals surface area contributed by atoms with Crippen molar-refractivity contribution in [2.45, 2.75) is 25.9 Å². The molecule has 0 saturated carbocycles. The fourth-order valence-electron chi connectivity index (χ4n) is 4.12. The van der Waals surface area contributed by atoms with E-state index >= 15 is 0 Å². The standard InChI is InChI=1S/C25H25N6O2/c1-16-11-19(3-4-22(16)33-20-6-9-31(2)10-7-20)29-24-23-17(5-8-28-25(23)32)12-21(30-24)18-13-26-15-27-14-18/h3-5,8,11-15,20H,6-7,9-10H2,1-2H3,(H,29,30). The number of hydrogen-bond acceptors (Lipinski definition) is 7. The van der Waals surface area contributed by atoms with Crippen molar-refractivity contribution in [2.24, 2.45) is 0 Å². The number of hydrogen-bond donors (Lipinski definition) is 1. The monoisotopic (exact) mass is 441 g/mol. The Morgan fingerprint density at radius 2 is 1.91 bits per heavy atom. The summed E-state index contributed by atoms with van der Waals surface area (Å²) >= 11 is 0. The molecule has 1 fully saturated rings. The fourth-order valence-corrected chi connectivity index (χ4v) is 4.12. The Balaban J connectivity index is 1.43. The number of ether oxygens (including phenoxy) is 1. The molecule has 2 aromatic heterocycles. The quantitative estimate of drug-likeness (QED) is 0.644. The minimum absolute atomic E-state index is 0.239. The molecule has 1 amide bonds. The topological polar surface area (TPSA) is 94.3 Å². The number of piperidine rings is 1. The highest BCUT2D eigenvalue weighted by molar-refractivity contribution is 6.05. The third-order valence-electron chi connectivity index (χ3n) is 5.96. The molecule has 0 atom stereocenters. The van der Waals surface area contributed by atoms with Crippen molar-refractivity contribution in [3.8, 4) is 17.0 Å². The highest BCUT2D eigenvalue weighted by atomic mass is 16.5. The molecule has 8 nitrogen and oxygen atoms in total. The van der Waals surface area contributed by atoms with Crippen LogP contribution in [0, 0.1) is 6.92 Å². The number of fused-ring (bicyclic) bond motifs is 1. The predicted octanol–water partition coefficient (Wildman–Crippen LogP) is 3.79. The van der Waals surface area contributed by atoms with E-state index in [-0.39, 0.29) is 12.0 Å². The number of carbonyl (C=O) groups is 1. The van der Waals surface area contributed by atoms with Crippen LogP contribution in [0.25, 0.3) is 17.3 Å². The van der Waals surface area contributed by atoms with Gasteiger partial charge in [-0.05, 0) is 68.3 Å². The van der Waals surface area contributed by atoms with Gasteiger partial charge in [-0.25, -0.2) is 20.3 Å². The van der Waals surface area contributed by atoms with Crippen LogP contribution in [0.4, 0.5) is 11.5 Å². The van der Waals surface area contributed by atoms with Crippen molar-refractivity contribution < 1.29 is 9.53 Å². The van der Waals surface area contributed by atoms with Crippen LogP contribution in [0.1, 0.15) is 34.3 Å². The van der Waals surface area contributed by atoms with Gasteiger partial charge in [0.15, 0.2) is 0 Å². The van der Waals surface area contributed by atoms with Crippen molar-refractivity contribution in [1.29, 1.82) is 0 Å². The normalized spacial score (nSPS) is 16.2. The molecule has 8 heteroatoms. The highest BCUT2D eigenvalue weighted by Crippen LogP contribution is 2.32. The number of pyridine rings is 1. The first kappa shape index (κ1) is 21.1. The van der Waals surface area contributed by atoms with Crippen molar-refractivity contribution in [1.82, 2.24) is 25.2 Å². The Kier molecular flexibility index (Phi) is 5.75. The van der Waals surface area contributed by atoms with Crippen LogP contribution in [0.5, 0.6) is 5.75 Å². The lowest BCUT2D eigenvalue weighted by Crippen LogP contribution is -2.35. The molecule has 3 aromatic rings. The zero-order valence-electron chi connectivity index (χ0n) is 18.7. The van der Waals surface area contributed by atoms with Gasteiger partial charge in [0.1, 0.15) is 24.0 Å². The summed E-state index contributed by atoms with van der Waals surface area (Å²) in [7, 11) is 2.14. The average Bonchev–Trinajstić information content (AvgIpc) is 2.82. The molecule has 0 spiro atoms. The predicted molar refractivity (Wildman–Crippen MR) is 126 cm³/mol. The van der Waals surface area contributed by atoms with Crippen LogP contribution in [-0.4, -0.2) is 52.0 Å². The molecule has 1 aromatic carbocycles. The van der Waals surface area contributed by atoms with E-state index in [1.54, 1.807) is 18.5 Å². The Morgan fingerprint density at radius 3 is 2.67 bits per heavy atom. The van der Waals surface area contributed by atoms with E-state index < -0.39 is 0 Å². The molecule has 0 bridgehead atoms. The van der Waals surface area contributed by atoms with Gasteiger partial charge in [0.25, 0.3) is 5.91 Å². The molecule has 1 N–H and O–H groups in total. The van der Waals surface area contributed by atoms with Gasteiger partial charge in [0.2, 0.25) is 0 Å². The molecule has 1 radical (unpaired) electrons. The maximum atomic E-state index is 12.6. The molecule has 1 saturated heterocycles. The van der Waals surface area contributed by atoms with Crippen molar-refractivity contribution in [3.63, 3.8) is 0 Å². The summed E-state index contributed by atoms with van der Waals surface area (Å²) in [5, 5.41) is 7.25. The molecule has 33 heavy (non-hydrogen) atoms. The molecule has 167 valence electrons. The van der Waals surface area contributed by atoms with Gasteiger partial charge in [-0.15, -0.1) is 0 Å². The summed E-state index contributed by atoms with van der Waals surface area (Å²) in [5.74, 6) is 1.01. The molecule has 4 heterocycles. The second-order valence-electron chi connectivity index (χ2n) is 8.42. The summed E-state index contributed by atoms with van der Waals surface area (Å²) < 4.78 is 6.26. The number of anilines is 2. The van der Waals surface area contributed by atoms with Crippen LogP contribution >= 0.6 is 0 Å². The molecule has 0 aliphatic carbocycles. The Morgan fingerprint density at radius 1 is 1.12 bits per heavy atom. The number of carbonyl (C=O) groups excluding carboxylic acids is 1. The first-order valence-corrected chi connectivity index (χ1v) is 11.0. The molecular formula is C25H25N6O2.